The van der Waals surface area contributed by atoms with Gasteiger partial charge < -0.3 is 0 Å². The molecule has 0 aliphatic heterocycles. The SMILES string of the molecule is O=S(=O)(Cc1ccc(Cl)cc1Cl)NCCF. The second-order valence-corrected chi connectivity index (χ2v) is 5.73. The highest BCUT2D eigenvalue weighted by molar-refractivity contribution is 7.88. The van der Waals surface area contributed by atoms with Crippen molar-refractivity contribution in [2.45, 2.75) is 5.75 Å². The monoisotopic (exact) mass is 285 g/mol. The van der Waals surface area contributed by atoms with Crippen molar-refractivity contribution in [3.8, 4) is 0 Å². The van der Waals surface area contributed by atoms with Gasteiger partial charge in [-0.3, -0.25) is 0 Å². The molecule has 0 saturated heterocycles. The Bertz CT molecular complexity index is 465. The molecule has 3 nitrogen and oxygen atoms in total. The van der Waals surface area contributed by atoms with Gasteiger partial charge >= 0.3 is 0 Å². The van der Waals surface area contributed by atoms with Crippen molar-refractivity contribution in [2.24, 2.45) is 0 Å². The molecule has 0 atom stereocenters. The molecule has 90 valence electrons. The predicted molar refractivity (Wildman–Crippen MR) is 63.1 cm³/mol. The van der Waals surface area contributed by atoms with Gasteiger partial charge in [0.25, 0.3) is 0 Å². The van der Waals surface area contributed by atoms with E-state index in [1.54, 1.807) is 6.07 Å². The maximum Gasteiger partial charge on any atom is 0.215 e. The van der Waals surface area contributed by atoms with E-state index >= 15 is 0 Å². The Labute approximate surface area is 104 Å². The fraction of sp³-hybridized carbons (Fsp3) is 0.333. The fourth-order valence-corrected chi connectivity index (χ4v) is 2.79. The Hall–Kier alpha value is -0.360. The molecule has 7 heteroatoms. The Balaban J connectivity index is 2.80. The lowest BCUT2D eigenvalue weighted by Gasteiger charge is -2.06. The summed E-state index contributed by atoms with van der Waals surface area (Å²) in [5, 5.41) is 0.709. The molecule has 0 bridgehead atoms. The van der Waals surface area contributed by atoms with Gasteiger partial charge in [0.15, 0.2) is 0 Å². The second kappa shape index (κ2) is 5.82. The maximum atomic E-state index is 11.8. The van der Waals surface area contributed by atoms with E-state index in [1.807, 2.05) is 0 Å². The zero-order valence-corrected chi connectivity index (χ0v) is 10.5. The third kappa shape index (κ3) is 4.25. The number of hydrogen-bond donors (Lipinski definition) is 1. The number of hydrogen-bond acceptors (Lipinski definition) is 2. The highest BCUT2D eigenvalue weighted by Crippen LogP contribution is 2.22. The number of benzene rings is 1. The van der Waals surface area contributed by atoms with Gasteiger partial charge in [0.2, 0.25) is 10.0 Å². The number of alkyl halides is 1. The first-order valence-corrected chi connectivity index (χ1v) is 6.82. The van der Waals surface area contributed by atoms with Crippen molar-refractivity contribution in [1.29, 1.82) is 0 Å². The summed E-state index contributed by atoms with van der Waals surface area (Å²) < 4.78 is 36.8. The quantitative estimate of drug-likeness (QED) is 0.903. The molecular formula is C9H10Cl2FNO2S. The van der Waals surface area contributed by atoms with Crippen molar-refractivity contribution < 1.29 is 12.8 Å². The van der Waals surface area contributed by atoms with Gasteiger partial charge in [0.1, 0.15) is 6.67 Å². The number of nitrogens with one attached hydrogen (secondary N) is 1. The Morgan fingerprint density at radius 2 is 2.00 bits per heavy atom. The molecule has 0 radical (unpaired) electrons. The van der Waals surface area contributed by atoms with Gasteiger partial charge in [0, 0.05) is 16.6 Å². The molecular weight excluding hydrogens is 276 g/mol. The van der Waals surface area contributed by atoms with E-state index in [1.165, 1.54) is 12.1 Å². The second-order valence-electron chi connectivity index (χ2n) is 3.08. The molecule has 1 N–H and O–H groups in total. The summed E-state index contributed by atoms with van der Waals surface area (Å²) in [6, 6.07) is 4.54. The standard InChI is InChI=1S/C9H10Cl2FNO2S/c10-8-2-1-7(9(11)5-8)6-16(14,15)13-4-3-12/h1-2,5,13H,3-4,6H2. The molecule has 0 saturated carbocycles. The van der Waals surface area contributed by atoms with Crippen LogP contribution in [0.5, 0.6) is 0 Å². The van der Waals surface area contributed by atoms with Crippen LogP contribution in [0.1, 0.15) is 5.56 Å². The van der Waals surface area contributed by atoms with Crippen LogP contribution in [0.4, 0.5) is 4.39 Å². The van der Waals surface area contributed by atoms with Crippen LogP contribution < -0.4 is 4.72 Å². The average molecular weight is 286 g/mol. The van der Waals surface area contributed by atoms with Crippen LogP contribution >= 0.6 is 23.2 Å². The summed E-state index contributed by atoms with van der Waals surface area (Å²) in [5.41, 5.74) is 0.428. The van der Waals surface area contributed by atoms with Crippen LogP contribution in [0.25, 0.3) is 0 Å². The minimum absolute atomic E-state index is 0.229. The van der Waals surface area contributed by atoms with Gasteiger partial charge in [-0.15, -0.1) is 0 Å². The molecule has 0 heterocycles. The maximum absolute atomic E-state index is 11.8. The molecule has 1 aromatic carbocycles. The van der Waals surface area contributed by atoms with Gasteiger partial charge in [-0.2, -0.15) is 0 Å². The molecule has 0 aliphatic carbocycles. The number of rotatable bonds is 5. The lowest BCUT2D eigenvalue weighted by Crippen LogP contribution is -2.27. The topological polar surface area (TPSA) is 46.2 Å². The van der Waals surface area contributed by atoms with Crippen molar-refractivity contribution >= 4 is 33.2 Å². The molecule has 16 heavy (non-hydrogen) atoms. The number of halogens is 3. The van der Waals surface area contributed by atoms with Crippen molar-refractivity contribution in [1.82, 2.24) is 4.72 Å². The Morgan fingerprint density at radius 3 is 2.56 bits per heavy atom. The lowest BCUT2D eigenvalue weighted by molar-refractivity contribution is 0.486. The smallest absolute Gasteiger partial charge is 0.215 e. The minimum Gasteiger partial charge on any atom is -0.250 e. The molecule has 0 aromatic heterocycles. The molecule has 1 rings (SSSR count). The van der Waals surface area contributed by atoms with Crippen molar-refractivity contribution in [3.63, 3.8) is 0 Å². The first kappa shape index (κ1) is 13.7. The first-order valence-electron chi connectivity index (χ1n) is 4.42. The first-order chi connectivity index (χ1) is 7.44. The van der Waals surface area contributed by atoms with Gasteiger partial charge in [0.05, 0.1) is 5.75 Å². The van der Waals surface area contributed by atoms with Crippen molar-refractivity contribution in [3.05, 3.63) is 33.8 Å². The van der Waals surface area contributed by atoms with Crippen LogP contribution in [0.2, 0.25) is 10.0 Å². The summed E-state index contributed by atoms with van der Waals surface area (Å²) in [7, 11) is -3.55. The zero-order chi connectivity index (χ0) is 12.2. The third-order valence-electron chi connectivity index (χ3n) is 1.78. The molecule has 0 fully saturated rings. The van der Waals surface area contributed by atoms with Crippen LogP contribution in [0.3, 0.4) is 0 Å². The Kier molecular flexibility index (Phi) is 4.98. The molecule has 0 unspecified atom stereocenters. The highest BCUT2D eigenvalue weighted by Gasteiger charge is 2.13. The van der Waals surface area contributed by atoms with Crippen LogP contribution in [0, 0.1) is 0 Å². The molecule has 0 aliphatic rings. The van der Waals surface area contributed by atoms with Gasteiger partial charge in [-0.25, -0.2) is 17.5 Å². The van der Waals surface area contributed by atoms with E-state index in [0.29, 0.717) is 10.6 Å². The minimum atomic E-state index is -3.55. The molecule has 1 aromatic rings. The fourth-order valence-electron chi connectivity index (χ4n) is 1.09. The summed E-state index contributed by atoms with van der Waals surface area (Å²) in [6.07, 6.45) is 0. The van der Waals surface area contributed by atoms with E-state index in [4.69, 9.17) is 23.2 Å². The summed E-state index contributed by atoms with van der Waals surface area (Å²) >= 11 is 11.5. The van der Waals surface area contributed by atoms with E-state index < -0.39 is 16.7 Å². The highest BCUT2D eigenvalue weighted by atomic mass is 35.5. The average Bonchev–Trinajstić information content (AvgIpc) is 2.19. The van der Waals surface area contributed by atoms with Crippen LogP contribution in [-0.2, 0) is 15.8 Å². The van der Waals surface area contributed by atoms with Crippen LogP contribution in [-0.4, -0.2) is 21.6 Å². The molecule has 0 spiro atoms. The third-order valence-corrected chi connectivity index (χ3v) is 3.70. The predicted octanol–water partition coefficient (Wildman–Crippen LogP) is 2.38. The number of sulfonamides is 1. The van der Waals surface area contributed by atoms with Gasteiger partial charge in [-0.1, -0.05) is 29.3 Å². The van der Waals surface area contributed by atoms with Gasteiger partial charge in [-0.05, 0) is 17.7 Å². The summed E-state index contributed by atoms with van der Waals surface area (Å²) in [6.45, 7) is -0.971. The summed E-state index contributed by atoms with van der Waals surface area (Å²) in [4.78, 5) is 0. The largest absolute Gasteiger partial charge is 0.250 e. The van der Waals surface area contributed by atoms with E-state index in [0.717, 1.165) is 0 Å². The van der Waals surface area contributed by atoms with Crippen LogP contribution in [0.15, 0.2) is 18.2 Å². The lowest BCUT2D eigenvalue weighted by atomic mass is 10.2. The normalized spacial score (nSPS) is 11.7. The molecule has 0 amide bonds. The Morgan fingerprint density at radius 1 is 1.31 bits per heavy atom. The van der Waals surface area contributed by atoms with Crippen molar-refractivity contribution in [2.75, 3.05) is 13.2 Å². The summed E-state index contributed by atoms with van der Waals surface area (Å²) in [5.74, 6) is -0.289. The van der Waals surface area contributed by atoms with E-state index in [9.17, 15) is 12.8 Å². The van der Waals surface area contributed by atoms with E-state index in [2.05, 4.69) is 4.72 Å². The zero-order valence-electron chi connectivity index (χ0n) is 8.21. The van der Waals surface area contributed by atoms with E-state index in [-0.39, 0.29) is 17.3 Å².